The van der Waals surface area contributed by atoms with E-state index >= 15 is 0 Å². The van der Waals surface area contributed by atoms with Crippen LogP contribution in [0.2, 0.25) is 0 Å². The molecule has 1 aromatic rings. The van der Waals surface area contributed by atoms with E-state index in [1.807, 2.05) is 0 Å². The molecule has 0 radical (unpaired) electrons. The van der Waals surface area contributed by atoms with Crippen molar-refractivity contribution in [1.29, 1.82) is 0 Å². The van der Waals surface area contributed by atoms with Crippen molar-refractivity contribution >= 4 is 17.7 Å². The van der Waals surface area contributed by atoms with Crippen LogP contribution in [0.15, 0.2) is 6.07 Å². The maximum absolute atomic E-state index is 11.6. The highest BCUT2D eigenvalue weighted by Crippen LogP contribution is 2.19. The number of anilines is 1. The van der Waals surface area contributed by atoms with Gasteiger partial charge in [-0.2, -0.15) is 5.10 Å². The average molecular weight is 238 g/mol. The van der Waals surface area contributed by atoms with Crippen LogP contribution in [0, 0.1) is 0 Å². The fourth-order valence-electron chi connectivity index (χ4n) is 1.72. The molecule has 7 heteroatoms. The van der Waals surface area contributed by atoms with Crippen molar-refractivity contribution in [2.75, 3.05) is 18.1 Å². The fourth-order valence-corrected chi connectivity index (χ4v) is 1.72. The molecule has 7 nitrogen and oxygen atoms in total. The molecule has 0 aromatic carbocycles. The Morgan fingerprint density at radius 1 is 1.76 bits per heavy atom. The SMILES string of the molecule is CCOC(=O)c1cc(N2CC(N)CC2=O)n[nH]1. The number of H-pyrrole nitrogens is 1. The Morgan fingerprint density at radius 2 is 2.53 bits per heavy atom. The molecule has 1 fully saturated rings. The van der Waals surface area contributed by atoms with Crippen molar-refractivity contribution in [2.45, 2.75) is 19.4 Å². The smallest absolute Gasteiger partial charge is 0.356 e. The molecular weight excluding hydrogens is 224 g/mol. The van der Waals surface area contributed by atoms with Crippen LogP contribution in [0.3, 0.4) is 0 Å². The van der Waals surface area contributed by atoms with Gasteiger partial charge in [-0.3, -0.25) is 14.8 Å². The molecule has 1 amide bonds. The number of aromatic nitrogens is 2. The quantitative estimate of drug-likeness (QED) is 0.701. The Kier molecular flexibility index (Phi) is 3.10. The number of carbonyl (C=O) groups excluding carboxylic acids is 2. The van der Waals surface area contributed by atoms with Crippen molar-refractivity contribution in [1.82, 2.24) is 10.2 Å². The van der Waals surface area contributed by atoms with E-state index in [-0.39, 0.29) is 17.6 Å². The molecular formula is C10H14N4O3. The predicted molar refractivity (Wildman–Crippen MR) is 59.5 cm³/mol. The van der Waals surface area contributed by atoms with Gasteiger partial charge in [0.1, 0.15) is 5.69 Å². The van der Waals surface area contributed by atoms with Crippen LogP contribution < -0.4 is 10.6 Å². The van der Waals surface area contributed by atoms with E-state index in [0.717, 1.165) is 0 Å². The highest BCUT2D eigenvalue weighted by atomic mass is 16.5. The topological polar surface area (TPSA) is 101 Å². The second-order valence-electron chi connectivity index (χ2n) is 3.83. The molecule has 92 valence electrons. The van der Waals surface area contributed by atoms with Gasteiger partial charge in [0.25, 0.3) is 0 Å². The summed E-state index contributed by atoms with van der Waals surface area (Å²) < 4.78 is 4.81. The van der Waals surface area contributed by atoms with Crippen LogP contribution >= 0.6 is 0 Å². The molecule has 0 aliphatic carbocycles. The van der Waals surface area contributed by atoms with Gasteiger partial charge in [0.15, 0.2) is 5.82 Å². The van der Waals surface area contributed by atoms with E-state index < -0.39 is 5.97 Å². The summed E-state index contributed by atoms with van der Waals surface area (Å²) in [6.45, 7) is 2.44. The van der Waals surface area contributed by atoms with Gasteiger partial charge in [-0.1, -0.05) is 0 Å². The summed E-state index contributed by atoms with van der Waals surface area (Å²) in [5, 5.41) is 6.45. The molecule has 1 aliphatic heterocycles. The number of esters is 1. The number of rotatable bonds is 3. The van der Waals surface area contributed by atoms with Crippen molar-refractivity contribution in [3.8, 4) is 0 Å². The average Bonchev–Trinajstić information content (AvgIpc) is 2.85. The van der Waals surface area contributed by atoms with Crippen LogP contribution in [-0.4, -0.2) is 41.3 Å². The van der Waals surface area contributed by atoms with Crippen LogP contribution in [0.4, 0.5) is 5.82 Å². The van der Waals surface area contributed by atoms with Gasteiger partial charge in [-0.15, -0.1) is 0 Å². The fraction of sp³-hybridized carbons (Fsp3) is 0.500. The van der Waals surface area contributed by atoms with E-state index in [0.29, 0.717) is 25.4 Å². The highest BCUT2D eigenvalue weighted by Gasteiger charge is 2.30. The minimum Gasteiger partial charge on any atom is -0.461 e. The maximum Gasteiger partial charge on any atom is 0.356 e. The molecule has 3 N–H and O–H groups in total. The number of ether oxygens (including phenoxy) is 1. The summed E-state index contributed by atoms with van der Waals surface area (Å²) in [4.78, 5) is 24.4. The van der Waals surface area contributed by atoms with Crippen LogP contribution in [-0.2, 0) is 9.53 Å². The van der Waals surface area contributed by atoms with Gasteiger partial charge in [-0.25, -0.2) is 4.79 Å². The van der Waals surface area contributed by atoms with E-state index in [4.69, 9.17) is 10.5 Å². The molecule has 2 rings (SSSR count). The molecule has 0 spiro atoms. The summed E-state index contributed by atoms with van der Waals surface area (Å²) in [5.41, 5.74) is 5.91. The third-order valence-corrected chi connectivity index (χ3v) is 2.49. The Balaban J connectivity index is 2.13. The van der Waals surface area contributed by atoms with Crippen molar-refractivity contribution in [3.05, 3.63) is 11.8 Å². The zero-order chi connectivity index (χ0) is 12.4. The Labute approximate surface area is 97.9 Å². The first-order valence-corrected chi connectivity index (χ1v) is 5.40. The molecule has 0 bridgehead atoms. The Bertz CT molecular complexity index is 443. The maximum atomic E-state index is 11.6. The largest absolute Gasteiger partial charge is 0.461 e. The zero-order valence-electron chi connectivity index (χ0n) is 9.47. The Morgan fingerprint density at radius 3 is 3.12 bits per heavy atom. The number of aromatic amines is 1. The Hall–Kier alpha value is -1.89. The van der Waals surface area contributed by atoms with Crippen molar-refractivity contribution in [3.63, 3.8) is 0 Å². The number of nitrogens with zero attached hydrogens (tertiary/aromatic N) is 2. The second-order valence-corrected chi connectivity index (χ2v) is 3.83. The second kappa shape index (κ2) is 4.54. The molecule has 17 heavy (non-hydrogen) atoms. The third kappa shape index (κ3) is 2.28. The van der Waals surface area contributed by atoms with Crippen molar-refractivity contribution < 1.29 is 14.3 Å². The zero-order valence-corrected chi connectivity index (χ0v) is 9.47. The molecule has 1 saturated heterocycles. The van der Waals surface area contributed by atoms with Crippen LogP contribution in [0.1, 0.15) is 23.8 Å². The standard InChI is InChI=1S/C10H14N4O3/c1-2-17-10(16)7-4-8(13-12-7)14-5-6(11)3-9(14)15/h4,6H,2-3,5,11H2,1H3,(H,12,13). The first kappa shape index (κ1) is 11.6. The van der Waals surface area contributed by atoms with Gasteiger partial charge in [0.2, 0.25) is 5.91 Å². The third-order valence-electron chi connectivity index (χ3n) is 2.49. The number of hydrogen-bond acceptors (Lipinski definition) is 5. The van der Waals surface area contributed by atoms with E-state index in [1.54, 1.807) is 6.92 Å². The van der Waals surface area contributed by atoms with E-state index in [2.05, 4.69) is 10.2 Å². The van der Waals surface area contributed by atoms with E-state index in [1.165, 1.54) is 11.0 Å². The van der Waals surface area contributed by atoms with Gasteiger partial charge in [0, 0.05) is 25.1 Å². The van der Waals surface area contributed by atoms with Crippen LogP contribution in [0.25, 0.3) is 0 Å². The lowest BCUT2D eigenvalue weighted by molar-refractivity contribution is -0.117. The summed E-state index contributed by atoms with van der Waals surface area (Å²) in [6, 6.07) is 1.32. The highest BCUT2D eigenvalue weighted by molar-refractivity contribution is 5.96. The monoisotopic (exact) mass is 238 g/mol. The number of hydrogen-bond donors (Lipinski definition) is 2. The molecule has 1 aliphatic rings. The van der Waals surface area contributed by atoms with Crippen LogP contribution in [0.5, 0.6) is 0 Å². The van der Waals surface area contributed by atoms with Gasteiger partial charge in [0.05, 0.1) is 6.61 Å². The minimum absolute atomic E-state index is 0.0839. The summed E-state index contributed by atoms with van der Waals surface area (Å²) in [5.74, 6) is -0.160. The molecule has 1 unspecified atom stereocenters. The predicted octanol–water partition coefficient (Wildman–Crippen LogP) is -0.350. The van der Waals surface area contributed by atoms with E-state index in [9.17, 15) is 9.59 Å². The lowest BCUT2D eigenvalue weighted by atomic mass is 10.3. The first-order chi connectivity index (χ1) is 8.11. The minimum atomic E-state index is -0.484. The normalized spacial score (nSPS) is 19.8. The molecule has 0 saturated carbocycles. The number of carbonyl (C=O) groups is 2. The number of nitrogens with one attached hydrogen (secondary N) is 1. The number of amides is 1. The lowest BCUT2D eigenvalue weighted by Gasteiger charge is -2.11. The molecule has 1 aromatic heterocycles. The van der Waals surface area contributed by atoms with Gasteiger partial charge >= 0.3 is 5.97 Å². The summed E-state index contributed by atoms with van der Waals surface area (Å²) in [6.07, 6.45) is 0.307. The summed E-state index contributed by atoms with van der Waals surface area (Å²) >= 11 is 0. The first-order valence-electron chi connectivity index (χ1n) is 5.40. The summed E-state index contributed by atoms with van der Waals surface area (Å²) in [7, 11) is 0. The lowest BCUT2D eigenvalue weighted by Crippen LogP contribution is -2.28. The molecule has 2 heterocycles. The van der Waals surface area contributed by atoms with Crippen molar-refractivity contribution in [2.24, 2.45) is 5.73 Å². The molecule has 1 atom stereocenters. The number of nitrogens with two attached hydrogens (primary N) is 1. The van der Waals surface area contributed by atoms with Gasteiger partial charge in [-0.05, 0) is 6.92 Å². The van der Waals surface area contributed by atoms with Gasteiger partial charge < -0.3 is 10.5 Å².